The minimum absolute atomic E-state index is 0.295. The first-order chi connectivity index (χ1) is 12.7. The highest BCUT2D eigenvalue weighted by Crippen LogP contribution is 2.27. The fraction of sp³-hybridized carbons (Fsp3) is 0.158. The number of hydrogen-bond acceptors (Lipinski definition) is 7. The maximum Gasteiger partial charge on any atom is 0.321 e. The molecular formula is C19H18N6O. The van der Waals surface area contributed by atoms with Gasteiger partial charge in [-0.05, 0) is 24.9 Å². The van der Waals surface area contributed by atoms with E-state index < -0.39 is 0 Å². The SMILES string of the molecule is CN(C)Cc1cc(Nc2nnco2)nc(-c2cccc3ccccc23)n1. The minimum atomic E-state index is 0.295. The van der Waals surface area contributed by atoms with Gasteiger partial charge in [-0.15, -0.1) is 5.10 Å². The summed E-state index contributed by atoms with van der Waals surface area (Å²) in [7, 11) is 4.01. The Bertz CT molecular complexity index is 1020. The number of aromatic nitrogens is 4. The fourth-order valence-electron chi connectivity index (χ4n) is 2.84. The van der Waals surface area contributed by atoms with Crippen LogP contribution in [-0.4, -0.2) is 39.2 Å². The van der Waals surface area contributed by atoms with Crippen molar-refractivity contribution in [1.29, 1.82) is 0 Å². The van der Waals surface area contributed by atoms with Gasteiger partial charge in [0.05, 0.1) is 5.69 Å². The predicted octanol–water partition coefficient (Wildman–Crippen LogP) is 3.49. The lowest BCUT2D eigenvalue weighted by Gasteiger charge is -2.13. The molecule has 7 heteroatoms. The molecule has 7 nitrogen and oxygen atoms in total. The van der Waals surface area contributed by atoms with Gasteiger partial charge in [-0.2, -0.15) is 0 Å². The van der Waals surface area contributed by atoms with E-state index >= 15 is 0 Å². The Labute approximate surface area is 150 Å². The second-order valence-electron chi connectivity index (χ2n) is 6.20. The lowest BCUT2D eigenvalue weighted by Crippen LogP contribution is -2.13. The summed E-state index contributed by atoms with van der Waals surface area (Å²) in [6, 6.07) is 16.5. The third-order valence-corrected chi connectivity index (χ3v) is 3.88. The average Bonchev–Trinajstić information content (AvgIpc) is 3.13. The van der Waals surface area contributed by atoms with Gasteiger partial charge in [0.1, 0.15) is 5.82 Å². The highest BCUT2D eigenvalue weighted by Gasteiger charge is 2.12. The van der Waals surface area contributed by atoms with Crippen LogP contribution in [0.2, 0.25) is 0 Å². The average molecular weight is 346 g/mol. The molecule has 26 heavy (non-hydrogen) atoms. The number of benzene rings is 2. The second-order valence-corrected chi connectivity index (χ2v) is 6.20. The van der Waals surface area contributed by atoms with Crippen LogP contribution in [-0.2, 0) is 6.54 Å². The van der Waals surface area contributed by atoms with E-state index in [0.717, 1.165) is 22.0 Å². The molecule has 4 aromatic rings. The molecule has 0 fully saturated rings. The van der Waals surface area contributed by atoms with Gasteiger partial charge in [0.15, 0.2) is 5.82 Å². The molecule has 0 radical (unpaired) electrons. The van der Waals surface area contributed by atoms with Crippen LogP contribution in [0.5, 0.6) is 0 Å². The molecule has 0 saturated carbocycles. The summed E-state index contributed by atoms with van der Waals surface area (Å²) in [6.07, 6.45) is 1.27. The van der Waals surface area contributed by atoms with E-state index in [1.165, 1.54) is 6.39 Å². The third-order valence-electron chi connectivity index (χ3n) is 3.88. The predicted molar refractivity (Wildman–Crippen MR) is 99.9 cm³/mol. The highest BCUT2D eigenvalue weighted by molar-refractivity contribution is 5.95. The van der Waals surface area contributed by atoms with Crippen molar-refractivity contribution in [2.24, 2.45) is 0 Å². The molecule has 130 valence electrons. The number of hydrogen-bond donors (Lipinski definition) is 1. The molecule has 0 saturated heterocycles. The number of fused-ring (bicyclic) bond motifs is 1. The van der Waals surface area contributed by atoms with Crippen molar-refractivity contribution in [3.05, 3.63) is 60.6 Å². The standard InChI is InChI=1S/C19H18N6O/c1-25(2)11-14-10-17(23-19-24-20-12-26-19)22-18(21-14)16-9-5-7-13-6-3-4-8-15(13)16/h3-10,12H,11H2,1-2H3,(H,21,22,23,24). The molecule has 2 heterocycles. The number of nitrogens with one attached hydrogen (secondary N) is 1. The van der Waals surface area contributed by atoms with E-state index in [1.54, 1.807) is 0 Å². The van der Waals surface area contributed by atoms with Crippen molar-refractivity contribution in [1.82, 2.24) is 25.1 Å². The molecule has 1 N–H and O–H groups in total. The van der Waals surface area contributed by atoms with Gasteiger partial charge in [0.2, 0.25) is 6.39 Å². The Morgan fingerprint density at radius 2 is 1.88 bits per heavy atom. The Balaban J connectivity index is 1.83. The van der Waals surface area contributed by atoms with E-state index in [0.29, 0.717) is 24.2 Å². The molecule has 0 aliphatic rings. The zero-order valence-electron chi connectivity index (χ0n) is 14.5. The van der Waals surface area contributed by atoms with E-state index in [2.05, 4.69) is 43.6 Å². The Morgan fingerprint density at radius 1 is 1.04 bits per heavy atom. The van der Waals surface area contributed by atoms with Gasteiger partial charge in [0, 0.05) is 18.2 Å². The summed E-state index contributed by atoms with van der Waals surface area (Å²) < 4.78 is 5.17. The van der Waals surface area contributed by atoms with E-state index in [-0.39, 0.29) is 0 Å². The second kappa shape index (κ2) is 6.89. The van der Waals surface area contributed by atoms with Crippen LogP contribution in [0.1, 0.15) is 5.69 Å². The van der Waals surface area contributed by atoms with Crippen LogP contribution in [0, 0.1) is 0 Å². The smallest absolute Gasteiger partial charge is 0.321 e. The molecule has 0 amide bonds. The first-order valence-electron chi connectivity index (χ1n) is 8.23. The molecule has 4 rings (SSSR count). The maximum absolute atomic E-state index is 5.17. The normalized spacial score (nSPS) is 11.2. The number of rotatable bonds is 5. The van der Waals surface area contributed by atoms with Crippen LogP contribution in [0.4, 0.5) is 11.8 Å². The quantitative estimate of drug-likeness (QED) is 0.592. The van der Waals surface area contributed by atoms with Gasteiger partial charge in [-0.25, -0.2) is 9.97 Å². The van der Waals surface area contributed by atoms with E-state index in [1.807, 2.05) is 44.4 Å². The fourth-order valence-corrected chi connectivity index (χ4v) is 2.84. The Morgan fingerprint density at radius 3 is 2.69 bits per heavy atom. The molecule has 0 spiro atoms. The van der Waals surface area contributed by atoms with Crippen LogP contribution in [0.3, 0.4) is 0 Å². The van der Waals surface area contributed by atoms with Crippen LogP contribution in [0.15, 0.2) is 59.3 Å². The summed E-state index contributed by atoms with van der Waals surface area (Å²) in [5, 5.41) is 12.8. The van der Waals surface area contributed by atoms with E-state index in [9.17, 15) is 0 Å². The lowest BCUT2D eigenvalue weighted by molar-refractivity contribution is 0.397. The van der Waals surface area contributed by atoms with Crippen molar-refractivity contribution in [3.63, 3.8) is 0 Å². The first kappa shape index (κ1) is 16.2. The maximum atomic E-state index is 5.17. The van der Waals surface area contributed by atoms with E-state index in [4.69, 9.17) is 9.40 Å². The number of nitrogens with zero attached hydrogens (tertiary/aromatic N) is 5. The summed E-state index contributed by atoms with van der Waals surface area (Å²) >= 11 is 0. The van der Waals surface area contributed by atoms with Crippen LogP contribution < -0.4 is 5.32 Å². The van der Waals surface area contributed by atoms with Crippen molar-refractivity contribution in [2.45, 2.75) is 6.54 Å². The molecule has 2 aromatic carbocycles. The molecular weight excluding hydrogens is 328 g/mol. The molecule has 0 atom stereocenters. The van der Waals surface area contributed by atoms with Gasteiger partial charge in [-0.3, -0.25) is 5.32 Å². The highest BCUT2D eigenvalue weighted by atomic mass is 16.4. The van der Waals surface area contributed by atoms with Gasteiger partial charge < -0.3 is 9.32 Å². The third kappa shape index (κ3) is 3.38. The molecule has 0 unspecified atom stereocenters. The molecule has 2 aromatic heterocycles. The summed E-state index contributed by atoms with van der Waals surface area (Å²) in [5.41, 5.74) is 1.88. The topological polar surface area (TPSA) is 80.0 Å². The zero-order chi connectivity index (χ0) is 17.9. The zero-order valence-corrected chi connectivity index (χ0v) is 14.5. The lowest BCUT2D eigenvalue weighted by atomic mass is 10.0. The summed E-state index contributed by atoms with van der Waals surface area (Å²) in [6.45, 7) is 0.693. The monoisotopic (exact) mass is 346 g/mol. The summed E-state index contributed by atoms with van der Waals surface area (Å²) in [4.78, 5) is 11.5. The van der Waals surface area contributed by atoms with Gasteiger partial charge in [0.25, 0.3) is 0 Å². The van der Waals surface area contributed by atoms with Crippen molar-refractivity contribution in [3.8, 4) is 11.4 Å². The molecule has 0 aliphatic heterocycles. The van der Waals surface area contributed by atoms with Crippen LogP contribution in [0.25, 0.3) is 22.2 Å². The molecule has 0 aliphatic carbocycles. The molecule has 0 bridgehead atoms. The minimum Gasteiger partial charge on any atom is -0.411 e. The van der Waals surface area contributed by atoms with Gasteiger partial charge in [-0.1, -0.05) is 47.6 Å². The first-order valence-corrected chi connectivity index (χ1v) is 8.23. The van der Waals surface area contributed by atoms with Crippen molar-refractivity contribution in [2.75, 3.05) is 19.4 Å². The van der Waals surface area contributed by atoms with Crippen molar-refractivity contribution >= 4 is 22.6 Å². The van der Waals surface area contributed by atoms with Crippen LogP contribution >= 0.6 is 0 Å². The largest absolute Gasteiger partial charge is 0.411 e. The Kier molecular flexibility index (Phi) is 4.28. The van der Waals surface area contributed by atoms with Gasteiger partial charge >= 0.3 is 6.01 Å². The van der Waals surface area contributed by atoms with Crippen molar-refractivity contribution < 1.29 is 4.42 Å². The number of anilines is 2. The summed E-state index contributed by atoms with van der Waals surface area (Å²) in [5.74, 6) is 1.27. The Hall–Kier alpha value is -3.32.